The highest BCUT2D eigenvalue weighted by Gasteiger charge is 2.23. The summed E-state index contributed by atoms with van der Waals surface area (Å²) in [6.45, 7) is 2.24. The summed E-state index contributed by atoms with van der Waals surface area (Å²) in [5.41, 5.74) is 1.53. The molecule has 1 heterocycles. The van der Waals surface area contributed by atoms with Gasteiger partial charge in [-0.3, -0.25) is 9.52 Å². The van der Waals surface area contributed by atoms with Crippen molar-refractivity contribution < 1.29 is 31.8 Å². The third-order valence-electron chi connectivity index (χ3n) is 5.61. The van der Waals surface area contributed by atoms with Crippen LogP contribution in [0.15, 0.2) is 47.8 Å². The Kier molecular flexibility index (Phi) is 11.2. The lowest BCUT2D eigenvalue weighted by Crippen LogP contribution is -2.49. The fraction of sp³-hybridized carbons (Fsp3) is 0.385. The van der Waals surface area contributed by atoms with Crippen LogP contribution in [0.2, 0.25) is 0 Å². The summed E-state index contributed by atoms with van der Waals surface area (Å²) < 4.78 is 59.1. The number of carbonyl (C=O) groups is 1. The van der Waals surface area contributed by atoms with Gasteiger partial charge in [-0.25, -0.2) is 22.2 Å². The first-order chi connectivity index (χ1) is 18.6. The van der Waals surface area contributed by atoms with Crippen LogP contribution in [0, 0.1) is 11.6 Å². The second-order valence-electron chi connectivity index (χ2n) is 8.95. The minimum absolute atomic E-state index is 0.0262. The quantitative estimate of drug-likeness (QED) is 0.217. The zero-order valence-corrected chi connectivity index (χ0v) is 23.2. The number of sulfonamides is 1. The second-order valence-corrected chi connectivity index (χ2v) is 11.6. The molecule has 0 fully saturated rings. The van der Waals surface area contributed by atoms with Crippen molar-refractivity contribution in [2.75, 3.05) is 24.1 Å². The molecule has 0 bridgehead atoms. The van der Waals surface area contributed by atoms with E-state index in [4.69, 9.17) is 4.74 Å². The van der Waals surface area contributed by atoms with Gasteiger partial charge in [-0.05, 0) is 48.2 Å². The van der Waals surface area contributed by atoms with E-state index in [1.54, 1.807) is 19.4 Å². The first-order valence-corrected chi connectivity index (χ1v) is 14.8. The lowest BCUT2D eigenvalue weighted by atomic mass is 10.00. The van der Waals surface area contributed by atoms with E-state index >= 15 is 0 Å². The number of halogens is 2. The Hall–Kier alpha value is -3.13. The van der Waals surface area contributed by atoms with Crippen LogP contribution in [0.1, 0.15) is 30.2 Å². The summed E-state index contributed by atoms with van der Waals surface area (Å²) in [6, 6.07) is 9.55. The van der Waals surface area contributed by atoms with Gasteiger partial charge in [0.05, 0.1) is 37.1 Å². The van der Waals surface area contributed by atoms with Crippen molar-refractivity contribution >= 4 is 32.4 Å². The number of benzene rings is 2. The van der Waals surface area contributed by atoms with E-state index in [0.29, 0.717) is 24.4 Å². The average Bonchev–Trinajstić information content (AvgIpc) is 3.28. The molecule has 3 rings (SSSR count). The molecular weight excluding hydrogens is 550 g/mol. The van der Waals surface area contributed by atoms with Gasteiger partial charge in [0, 0.05) is 24.5 Å². The molecule has 39 heavy (non-hydrogen) atoms. The molecule has 2 atom stereocenters. The molecule has 0 aliphatic carbocycles. The number of nitrogens with one attached hydrogen (secondary N) is 3. The number of nitrogens with zero attached hydrogens (tertiary/aromatic N) is 1. The number of carbonyl (C=O) groups excluding carboxylic acids is 1. The largest absolute Gasteiger partial charge is 0.497 e. The normalized spacial score (nSPS) is 13.1. The molecule has 2 aromatic carbocycles. The van der Waals surface area contributed by atoms with E-state index < -0.39 is 39.7 Å². The summed E-state index contributed by atoms with van der Waals surface area (Å²) in [7, 11) is -1.95. The Labute approximate surface area is 230 Å². The third-order valence-corrected chi connectivity index (χ3v) is 8.00. The van der Waals surface area contributed by atoms with Crippen LogP contribution >= 0.6 is 11.3 Å². The molecule has 0 saturated heterocycles. The third kappa shape index (κ3) is 10.2. The predicted octanol–water partition coefficient (Wildman–Crippen LogP) is 3.00. The molecule has 0 aliphatic rings. The van der Waals surface area contributed by atoms with Crippen molar-refractivity contribution in [1.82, 2.24) is 15.6 Å². The molecule has 0 unspecified atom stereocenters. The van der Waals surface area contributed by atoms with Crippen molar-refractivity contribution in [3.05, 3.63) is 76.3 Å². The number of methoxy groups -OCH3 is 1. The number of aliphatic hydroxyl groups is 1. The van der Waals surface area contributed by atoms with Gasteiger partial charge in [0.15, 0.2) is 5.13 Å². The van der Waals surface area contributed by atoms with Crippen molar-refractivity contribution in [3.8, 4) is 5.75 Å². The fourth-order valence-corrected chi connectivity index (χ4v) is 5.94. The van der Waals surface area contributed by atoms with E-state index in [2.05, 4.69) is 20.3 Å². The highest BCUT2D eigenvalue weighted by Crippen LogP contribution is 2.18. The summed E-state index contributed by atoms with van der Waals surface area (Å²) >= 11 is 1.05. The Morgan fingerprint density at radius 3 is 2.59 bits per heavy atom. The smallest absolute Gasteiger partial charge is 0.234 e. The number of ether oxygens (including phenoxy) is 1. The maximum absolute atomic E-state index is 13.8. The maximum atomic E-state index is 13.8. The topological polar surface area (TPSA) is 130 Å². The van der Waals surface area contributed by atoms with Crippen LogP contribution in [0.25, 0.3) is 0 Å². The minimum Gasteiger partial charge on any atom is -0.497 e. The zero-order valence-electron chi connectivity index (χ0n) is 21.6. The molecular formula is C26H32F2N4O5S2. The first kappa shape index (κ1) is 30.4. The molecule has 1 amide bonds. The standard InChI is InChI=1S/C26H32F2N4O5S2/c1-3-7-39(35,36)32-26-30-21(16-38-26)13-25(34)31-23(11-18-8-19(27)12-20(28)9-18)24(33)15-29-14-17-5-4-6-22(10-17)37-2/h4-6,8-10,12,16,23-24,29,33H,3,7,11,13-15H2,1-2H3,(H,30,32)(H,31,34)/t23-,24+/m0/s1. The number of hydrogen-bond acceptors (Lipinski definition) is 8. The summed E-state index contributed by atoms with van der Waals surface area (Å²) in [5.74, 6) is -1.37. The van der Waals surface area contributed by atoms with E-state index in [-0.39, 0.29) is 35.8 Å². The number of rotatable bonds is 15. The molecule has 3 aromatic rings. The van der Waals surface area contributed by atoms with Crippen molar-refractivity contribution in [2.45, 2.75) is 44.9 Å². The Morgan fingerprint density at radius 2 is 1.90 bits per heavy atom. The number of amides is 1. The lowest BCUT2D eigenvalue weighted by molar-refractivity contribution is -0.122. The van der Waals surface area contributed by atoms with Crippen molar-refractivity contribution in [2.24, 2.45) is 0 Å². The van der Waals surface area contributed by atoms with Gasteiger partial charge in [0.25, 0.3) is 0 Å². The number of thiazole rings is 1. The highest BCUT2D eigenvalue weighted by molar-refractivity contribution is 7.92. The van der Waals surface area contributed by atoms with Crippen LogP contribution < -0.4 is 20.1 Å². The Balaban J connectivity index is 1.65. The number of aliphatic hydroxyl groups excluding tert-OH is 1. The van der Waals surface area contributed by atoms with Crippen LogP contribution in [-0.2, 0) is 34.2 Å². The molecule has 4 N–H and O–H groups in total. The number of hydrogen-bond donors (Lipinski definition) is 4. The monoisotopic (exact) mass is 582 g/mol. The number of aromatic nitrogens is 1. The molecule has 1 aromatic heterocycles. The summed E-state index contributed by atoms with van der Waals surface area (Å²) in [5, 5.41) is 18.5. The van der Waals surface area contributed by atoms with Gasteiger partial charge < -0.3 is 20.5 Å². The Bertz CT molecular complexity index is 1330. The van der Waals surface area contributed by atoms with Crippen molar-refractivity contribution in [1.29, 1.82) is 0 Å². The summed E-state index contributed by atoms with van der Waals surface area (Å²) in [6.07, 6.45) is -0.854. The van der Waals surface area contributed by atoms with Crippen LogP contribution in [0.4, 0.5) is 13.9 Å². The molecule has 212 valence electrons. The molecule has 0 radical (unpaired) electrons. The molecule has 0 spiro atoms. The molecule has 0 aliphatic heterocycles. The SMILES string of the molecule is CCCS(=O)(=O)Nc1nc(CC(=O)N[C@@H](Cc2cc(F)cc(F)c2)[C@H](O)CNCc2cccc(OC)c2)cs1. The first-order valence-electron chi connectivity index (χ1n) is 12.3. The fourth-order valence-electron chi connectivity index (χ4n) is 3.87. The van der Waals surface area contributed by atoms with E-state index in [1.165, 1.54) is 0 Å². The van der Waals surface area contributed by atoms with Gasteiger partial charge >= 0.3 is 0 Å². The maximum Gasteiger partial charge on any atom is 0.234 e. The van der Waals surface area contributed by atoms with Gasteiger partial charge in [-0.1, -0.05) is 19.1 Å². The highest BCUT2D eigenvalue weighted by atomic mass is 32.2. The van der Waals surface area contributed by atoms with E-state index in [1.807, 2.05) is 24.3 Å². The molecule has 0 saturated carbocycles. The van der Waals surface area contributed by atoms with Gasteiger partial charge in [-0.15, -0.1) is 11.3 Å². The Morgan fingerprint density at radius 1 is 1.15 bits per heavy atom. The van der Waals surface area contributed by atoms with Crippen molar-refractivity contribution in [3.63, 3.8) is 0 Å². The minimum atomic E-state index is -3.52. The zero-order chi connectivity index (χ0) is 28.4. The van der Waals surface area contributed by atoms with Crippen LogP contribution in [-0.4, -0.2) is 56.0 Å². The lowest BCUT2D eigenvalue weighted by Gasteiger charge is -2.25. The van der Waals surface area contributed by atoms with E-state index in [9.17, 15) is 27.1 Å². The van der Waals surface area contributed by atoms with Crippen LogP contribution in [0.3, 0.4) is 0 Å². The molecule has 13 heteroatoms. The van der Waals surface area contributed by atoms with Gasteiger partial charge in [-0.2, -0.15) is 0 Å². The predicted molar refractivity (Wildman–Crippen MR) is 146 cm³/mol. The summed E-state index contributed by atoms with van der Waals surface area (Å²) in [4.78, 5) is 17.0. The average molecular weight is 583 g/mol. The second kappa shape index (κ2) is 14.3. The molecule has 9 nitrogen and oxygen atoms in total. The van der Waals surface area contributed by atoms with Gasteiger partial charge in [0.1, 0.15) is 17.4 Å². The van der Waals surface area contributed by atoms with Gasteiger partial charge in [0.2, 0.25) is 15.9 Å². The van der Waals surface area contributed by atoms with Crippen LogP contribution in [0.5, 0.6) is 5.75 Å². The van der Waals surface area contributed by atoms with E-state index in [0.717, 1.165) is 35.1 Å². The number of anilines is 1.